The highest BCUT2D eigenvalue weighted by molar-refractivity contribution is 6.31. The molecule has 112 valence electrons. The largest absolute Gasteiger partial charge is 0.444 e. The molecule has 0 saturated heterocycles. The molecule has 2 N–H and O–H groups in total. The van der Waals surface area contributed by atoms with Crippen LogP contribution in [0.1, 0.15) is 40.2 Å². The van der Waals surface area contributed by atoms with E-state index in [0.717, 1.165) is 5.56 Å². The second-order valence-corrected chi connectivity index (χ2v) is 6.80. The molecule has 0 atom stereocenters. The number of anilines is 1. The van der Waals surface area contributed by atoms with Crippen LogP contribution in [0.2, 0.25) is 5.02 Å². The Bertz CT molecular complexity index is 492. The van der Waals surface area contributed by atoms with E-state index in [1.807, 2.05) is 13.8 Å². The fraction of sp³-hybridized carbons (Fsp3) is 0.533. The molecule has 20 heavy (non-hydrogen) atoms. The predicted octanol–water partition coefficient (Wildman–Crippen LogP) is 3.96. The first-order valence-electron chi connectivity index (χ1n) is 6.46. The molecule has 0 saturated carbocycles. The lowest BCUT2D eigenvalue weighted by atomic mass is 9.84. The van der Waals surface area contributed by atoms with Crippen LogP contribution in [0.4, 0.5) is 10.5 Å². The molecular weight excluding hydrogens is 278 g/mol. The van der Waals surface area contributed by atoms with Gasteiger partial charge in [0.1, 0.15) is 5.60 Å². The zero-order chi connectivity index (χ0) is 15.6. The average Bonchev–Trinajstić information content (AvgIpc) is 2.25. The van der Waals surface area contributed by atoms with Gasteiger partial charge in [-0.2, -0.15) is 0 Å². The summed E-state index contributed by atoms with van der Waals surface area (Å²) in [6.45, 7) is 9.11. The lowest BCUT2D eigenvalue weighted by Gasteiger charge is -2.26. The number of benzene rings is 1. The lowest BCUT2D eigenvalue weighted by molar-refractivity contribution is 0.0635. The first-order chi connectivity index (χ1) is 9.05. The molecule has 1 amide bonds. The SMILES string of the molecule is CC(C)(C)OC(=O)Nc1cc(Cl)ccc1C(C)(C)CO. The summed E-state index contributed by atoms with van der Waals surface area (Å²) in [6.07, 6.45) is -0.547. The third-order valence-corrected chi connectivity index (χ3v) is 2.98. The molecule has 0 unspecified atom stereocenters. The van der Waals surface area contributed by atoms with Crippen LogP contribution >= 0.6 is 11.6 Å². The van der Waals surface area contributed by atoms with Crippen molar-refractivity contribution < 1.29 is 14.6 Å². The van der Waals surface area contributed by atoms with Gasteiger partial charge in [-0.15, -0.1) is 0 Å². The summed E-state index contributed by atoms with van der Waals surface area (Å²) in [5, 5.41) is 12.7. The molecule has 0 spiro atoms. The number of carbonyl (C=O) groups excluding carboxylic acids is 1. The van der Waals surface area contributed by atoms with E-state index in [4.69, 9.17) is 16.3 Å². The molecule has 1 aromatic rings. The molecule has 0 fully saturated rings. The van der Waals surface area contributed by atoms with Crippen molar-refractivity contribution in [1.82, 2.24) is 0 Å². The third-order valence-electron chi connectivity index (χ3n) is 2.74. The Morgan fingerprint density at radius 3 is 2.40 bits per heavy atom. The fourth-order valence-electron chi connectivity index (χ4n) is 1.71. The van der Waals surface area contributed by atoms with Crippen molar-refractivity contribution in [1.29, 1.82) is 0 Å². The van der Waals surface area contributed by atoms with Gasteiger partial charge in [-0.25, -0.2) is 4.79 Å². The zero-order valence-electron chi connectivity index (χ0n) is 12.6. The number of hydrogen-bond donors (Lipinski definition) is 2. The number of aliphatic hydroxyl groups excluding tert-OH is 1. The summed E-state index contributed by atoms with van der Waals surface area (Å²) in [6, 6.07) is 5.18. The molecule has 0 heterocycles. The van der Waals surface area contributed by atoms with E-state index in [9.17, 15) is 9.90 Å². The number of nitrogens with one attached hydrogen (secondary N) is 1. The summed E-state index contributed by atoms with van der Waals surface area (Å²) in [4.78, 5) is 11.9. The maximum absolute atomic E-state index is 11.9. The van der Waals surface area contributed by atoms with Gasteiger partial charge in [0.15, 0.2) is 0 Å². The van der Waals surface area contributed by atoms with Crippen LogP contribution in [0.15, 0.2) is 18.2 Å². The normalized spacial score (nSPS) is 12.2. The number of ether oxygens (including phenoxy) is 1. The Morgan fingerprint density at radius 1 is 1.30 bits per heavy atom. The number of rotatable bonds is 3. The Hall–Kier alpha value is -1.26. The smallest absolute Gasteiger partial charge is 0.412 e. The molecule has 0 aliphatic rings. The first-order valence-corrected chi connectivity index (χ1v) is 6.84. The van der Waals surface area contributed by atoms with Crippen molar-refractivity contribution in [3.05, 3.63) is 28.8 Å². The van der Waals surface area contributed by atoms with Gasteiger partial charge in [0.25, 0.3) is 0 Å². The van der Waals surface area contributed by atoms with Gasteiger partial charge in [0.05, 0.1) is 6.61 Å². The monoisotopic (exact) mass is 299 g/mol. The number of amides is 1. The number of halogens is 1. The molecule has 0 radical (unpaired) electrons. The van der Waals surface area contributed by atoms with E-state index in [1.165, 1.54) is 0 Å². The van der Waals surface area contributed by atoms with Gasteiger partial charge in [0.2, 0.25) is 0 Å². The molecule has 4 nitrogen and oxygen atoms in total. The minimum atomic E-state index is -0.574. The maximum Gasteiger partial charge on any atom is 0.412 e. The highest BCUT2D eigenvalue weighted by Crippen LogP contribution is 2.32. The van der Waals surface area contributed by atoms with E-state index in [1.54, 1.807) is 39.0 Å². The van der Waals surface area contributed by atoms with E-state index in [0.29, 0.717) is 10.7 Å². The maximum atomic E-state index is 11.9. The van der Waals surface area contributed by atoms with Gasteiger partial charge in [0, 0.05) is 16.1 Å². The van der Waals surface area contributed by atoms with Gasteiger partial charge in [-0.05, 0) is 38.5 Å². The lowest BCUT2D eigenvalue weighted by Crippen LogP contribution is -2.29. The summed E-state index contributed by atoms with van der Waals surface area (Å²) in [5.74, 6) is 0. The highest BCUT2D eigenvalue weighted by atomic mass is 35.5. The summed E-state index contributed by atoms with van der Waals surface area (Å²) in [7, 11) is 0. The van der Waals surface area contributed by atoms with Crippen molar-refractivity contribution in [3.8, 4) is 0 Å². The Kier molecular flexibility index (Phi) is 5.05. The Morgan fingerprint density at radius 2 is 1.90 bits per heavy atom. The van der Waals surface area contributed by atoms with Crippen LogP contribution in [-0.2, 0) is 10.2 Å². The second-order valence-electron chi connectivity index (χ2n) is 6.36. The van der Waals surface area contributed by atoms with Crippen molar-refractivity contribution in [3.63, 3.8) is 0 Å². The average molecular weight is 300 g/mol. The van der Waals surface area contributed by atoms with E-state index < -0.39 is 17.1 Å². The second kappa shape index (κ2) is 6.02. The van der Waals surface area contributed by atoms with Crippen molar-refractivity contribution in [2.24, 2.45) is 0 Å². The summed E-state index contributed by atoms with van der Waals surface area (Å²) in [5.41, 5.74) is 0.283. The highest BCUT2D eigenvalue weighted by Gasteiger charge is 2.25. The molecule has 0 aliphatic carbocycles. The fourth-order valence-corrected chi connectivity index (χ4v) is 1.88. The molecular formula is C15H22ClNO3. The van der Waals surface area contributed by atoms with E-state index >= 15 is 0 Å². The molecule has 0 bridgehead atoms. The first kappa shape index (κ1) is 16.8. The van der Waals surface area contributed by atoms with Gasteiger partial charge < -0.3 is 9.84 Å². The van der Waals surface area contributed by atoms with Gasteiger partial charge in [-0.1, -0.05) is 31.5 Å². The molecule has 5 heteroatoms. The quantitative estimate of drug-likeness (QED) is 0.888. The van der Waals surface area contributed by atoms with E-state index in [2.05, 4.69) is 5.32 Å². The summed E-state index contributed by atoms with van der Waals surface area (Å²) < 4.78 is 5.23. The molecule has 0 aromatic heterocycles. The van der Waals surface area contributed by atoms with Crippen LogP contribution in [0.3, 0.4) is 0 Å². The van der Waals surface area contributed by atoms with Crippen molar-refractivity contribution >= 4 is 23.4 Å². The Balaban J connectivity index is 3.05. The standard InChI is InChI=1S/C15H22ClNO3/c1-14(2,3)20-13(19)17-12-8-10(16)6-7-11(12)15(4,5)9-18/h6-8,18H,9H2,1-5H3,(H,17,19). The number of aliphatic hydroxyl groups is 1. The summed E-state index contributed by atoms with van der Waals surface area (Å²) >= 11 is 5.97. The van der Waals surface area contributed by atoms with Crippen LogP contribution in [0, 0.1) is 0 Å². The zero-order valence-corrected chi connectivity index (χ0v) is 13.3. The number of carbonyl (C=O) groups is 1. The van der Waals surface area contributed by atoms with Crippen molar-refractivity contribution in [2.45, 2.75) is 45.6 Å². The van der Waals surface area contributed by atoms with Gasteiger partial charge in [-0.3, -0.25) is 5.32 Å². The van der Waals surface area contributed by atoms with Crippen LogP contribution < -0.4 is 5.32 Å². The third kappa shape index (κ3) is 4.69. The van der Waals surface area contributed by atoms with Crippen LogP contribution in [-0.4, -0.2) is 23.4 Å². The van der Waals surface area contributed by atoms with Gasteiger partial charge >= 0.3 is 6.09 Å². The van der Waals surface area contributed by atoms with Crippen molar-refractivity contribution in [2.75, 3.05) is 11.9 Å². The topological polar surface area (TPSA) is 58.6 Å². The minimum absolute atomic E-state index is 0.0440. The van der Waals surface area contributed by atoms with E-state index in [-0.39, 0.29) is 6.61 Å². The predicted molar refractivity (Wildman–Crippen MR) is 81.4 cm³/mol. The Labute approximate surface area is 125 Å². The minimum Gasteiger partial charge on any atom is -0.444 e. The van der Waals surface area contributed by atoms with Crippen LogP contribution in [0.25, 0.3) is 0 Å². The molecule has 0 aliphatic heterocycles. The molecule has 1 rings (SSSR count). The molecule has 1 aromatic carbocycles. The number of hydrogen-bond acceptors (Lipinski definition) is 3. The van der Waals surface area contributed by atoms with Crippen LogP contribution in [0.5, 0.6) is 0 Å².